The van der Waals surface area contributed by atoms with Crippen LogP contribution in [-0.4, -0.2) is 41.4 Å². The van der Waals surface area contributed by atoms with Crippen LogP contribution in [0.3, 0.4) is 0 Å². The molecule has 3 aromatic rings. The van der Waals surface area contributed by atoms with Gasteiger partial charge in [-0.3, -0.25) is 4.79 Å². The Morgan fingerprint density at radius 2 is 1.61 bits per heavy atom. The van der Waals surface area contributed by atoms with E-state index in [-0.39, 0.29) is 12.5 Å². The lowest BCUT2D eigenvalue weighted by atomic mass is 10.1. The lowest BCUT2D eigenvalue weighted by molar-refractivity contribution is -0.119. The summed E-state index contributed by atoms with van der Waals surface area (Å²) in [4.78, 5) is 26.8. The normalized spacial score (nSPS) is 13.6. The average molecular weight is 418 g/mol. The lowest BCUT2D eigenvalue weighted by Gasteiger charge is -2.28. The smallest absolute Gasteiger partial charge is 0.338 e. The Bertz CT molecular complexity index is 1040. The van der Waals surface area contributed by atoms with Crippen molar-refractivity contribution in [3.8, 4) is 5.69 Å². The second-order valence-corrected chi connectivity index (χ2v) is 7.65. The van der Waals surface area contributed by atoms with Crippen LogP contribution in [0, 0.1) is 6.92 Å². The van der Waals surface area contributed by atoms with Crippen LogP contribution >= 0.6 is 0 Å². The van der Waals surface area contributed by atoms with Crippen LogP contribution in [-0.2, 0) is 9.53 Å². The first kappa shape index (κ1) is 20.7. The zero-order chi connectivity index (χ0) is 21.6. The summed E-state index contributed by atoms with van der Waals surface area (Å²) in [7, 11) is 0. The fraction of sp³-hybridized carbons (Fsp3) is 0.292. The molecule has 0 spiro atoms. The number of aryl methyl sites for hydroxylation is 1. The summed E-state index contributed by atoms with van der Waals surface area (Å²) in [5.74, 6) is -0.915. The summed E-state index contributed by atoms with van der Waals surface area (Å²) in [6.45, 7) is 3.76. The van der Waals surface area contributed by atoms with Gasteiger partial charge in [-0.05, 0) is 80.8 Å². The highest BCUT2D eigenvalue weighted by atomic mass is 16.5. The van der Waals surface area contributed by atoms with E-state index < -0.39 is 5.97 Å². The molecule has 7 heteroatoms. The SMILES string of the molecule is Cc1ccnn1-c1ccc(C(=O)OCC(=O)Nc2ccc(N3CCCCC3)cc2)cc1. The fourth-order valence-corrected chi connectivity index (χ4v) is 3.70. The molecule has 1 saturated heterocycles. The molecule has 0 aliphatic carbocycles. The number of ether oxygens (including phenoxy) is 1. The molecular formula is C24H26N4O3. The van der Waals surface area contributed by atoms with Crippen LogP contribution < -0.4 is 10.2 Å². The Morgan fingerprint density at radius 1 is 0.935 bits per heavy atom. The number of carbonyl (C=O) groups is 2. The molecule has 0 atom stereocenters. The maximum Gasteiger partial charge on any atom is 0.338 e. The standard InChI is InChI=1S/C24H26N4O3/c1-18-13-14-25-28(18)22-9-5-19(6-10-22)24(30)31-17-23(29)26-20-7-11-21(12-8-20)27-15-3-2-4-16-27/h5-14H,2-4,15-17H2,1H3,(H,26,29). The first-order valence-corrected chi connectivity index (χ1v) is 10.5. The van der Waals surface area contributed by atoms with Crippen LogP contribution in [0.4, 0.5) is 11.4 Å². The van der Waals surface area contributed by atoms with Crippen molar-refractivity contribution in [1.29, 1.82) is 0 Å². The fourth-order valence-electron chi connectivity index (χ4n) is 3.70. The first-order chi connectivity index (χ1) is 15.1. The van der Waals surface area contributed by atoms with Gasteiger partial charge in [0.05, 0.1) is 11.3 Å². The lowest BCUT2D eigenvalue weighted by Crippen LogP contribution is -2.29. The van der Waals surface area contributed by atoms with Crippen molar-refractivity contribution in [2.45, 2.75) is 26.2 Å². The van der Waals surface area contributed by atoms with Gasteiger partial charge in [0.2, 0.25) is 0 Å². The molecule has 1 aliphatic heterocycles. The van der Waals surface area contributed by atoms with E-state index in [1.54, 1.807) is 35.1 Å². The molecule has 1 N–H and O–H groups in total. The van der Waals surface area contributed by atoms with Gasteiger partial charge in [-0.25, -0.2) is 9.48 Å². The Morgan fingerprint density at radius 3 is 2.26 bits per heavy atom. The highest BCUT2D eigenvalue weighted by Crippen LogP contribution is 2.21. The van der Waals surface area contributed by atoms with Crippen molar-refractivity contribution in [3.05, 3.63) is 72.1 Å². The minimum atomic E-state index is -0.542. The number of esters is 1. The van der Waals surface area contributed by atoms with Crippen molar-refractivity contribution in [2.24, 2.45) is 0 Å². The molecule has 2 aromatic carbocycles. The van der Waals surface area contributed by atoms with Crippen molar-refractivity contribution in [3.63, 3.8) is 0 Å². The second kappa shape index (κ2) is 9.47. The zero-order valence-corrected chi connectivity index (χ0v) is 17.6. The molecule has 1 amide bonds. The number of anilines is 2. The van der Waals surface area contributed by atoms with E-state index in [1.165, 1.54) is 19.3 Å². The van der Waals surface area contributed by atoms with E-state index in [1.807, 2.05) is 37.3 Å². The number of hydrogen-bond donors (Lipinski definition) is 1. The van der Waals surface area contributed by atoms with Crippen LogP contribution in [0.1, 0.15) is 35.3 Å². The highest BCUT2D eigenvalue weighted by Gasteiger charge is 2.13. The molecule has 1 aromatic heterocycles. The van der Waals surface area contributed by atoms with Crippen molar-refractivity contribution in [1.82, 2.24) is 9.78 Å². The molecule has 1 aliphatic rings. The molecule has 1 fully saturated rings. The Labute approximate surface area is 181 Å². The summed E-state index contributed by atoms with van der Waals surface area (Å²) in [6.07, 6.45) is 5.44. The molecule has 2 heterocycles. The molecule has 0 saturated carbocycles. The zero-order valence-electron chi connectivity index (χ0n) is 17.6. The largest absolute Gasteiger partial charge is 0.452 e. The molecule has 31 heavy (non-hydrogen) atoms. The maximum atomic E-state index is 12.3. The molecule has 0 radical (unpaired) electrons. The molecular weight excluding hydrogens is 392 g/mol. The van der Waals surface area contributed by atoms with Crippen LogP contribution in [0.2, 0.25) is 0 Å². The Balaban J connectivity index is 1.27. The number of piperidine rings is 1. The first-order valence-electron chi connectivity index (χ1n) is 10.5. The van der Waals surface area contributed by atoms with Gasteiger partial charge in [0, 0.05) is 36.4 Å². The number of nitrogens with zero attached hydrogens (tertiary/aromatic N) is 3. The van der Waals surface area contributed by atoms with Crippen LogP contribution in [0.15, 0.2) is 60.8 Å². The molecule has 4 rings (SSSR count). The molecule has 7 nitrogen and oxygen atoms in total. The van der Waals surface area contributed by atoms with Gasteiger partial charge in [-0.15, -0.1) is 0 Å². The molecule has 0 bridgehead atoms. The molecule has 160 valence electrons. The quantitative estimate of drug-likeness (QED) is 0.613. The number of hydrogen-bond acceptors (Lipinski definition) is 5. The highest BCUT2D eigenvalue weighted by molar-refractivity contribution is 5.95. The van der Waals surface area contributed by atoms with Gasteiger partial charge in [-0.1, -0.05) is 0 Å². The summed E-state index contributed by atoms with van der Waals surface area (Å²) in [5, 5.41) is 7.00. The van der Waals surface area contributed by atoms with E-state index in [0.29, 0.717) is 11.3 Å². The predicted octanol–water partition coefficient (Wildman–Crippen LogP) is 3.97. The molecule has 0 unspecified atom stereocenters. The topological polar surface area (TPSA) is 76.5 Å². The maximum absolute atomic E-state index is 12.3. The predicted molar refractivity (Wildman–Crippen MR) is 120 cm³/mol. The van der Waals surface area contributed by atoms with Gasteiger partial charge in [0.15, 0.2) is 6.61 Å². The number of rotatable bonds is 6. The third-order valence-electron chi connectivity index (χ3n) is 5.39. The van der Waals surface area contributed by atoms with Gasteiger partial charge in [-0.2, -0.15) is 5.10 Å². The second-order valence-electron chi connectivity index (χ2n) is 7.65. The van der Waals surface area contributed by atoms with E-state index in [4.69, 9.17) is 4.74 Å². The average Bonchev–Trinajstić information content (AvgIpc) is 3.24. The third kappa shape index (κ3) is 5.12. The Hall–Kier alpha value is -3.61. The monoisotopic (exact) mass is 418 g/mol. The van der Waals surface area contributed by atoms with Gasteiger partial charge >= 0.3 is 5.97 Å². The van der Waals surface area contributed by atoms with E-state index in [2.05, 4.69) is 15.3 Å². The van der Waals surface area contributed by atoms with E-state index >= 15 is 0 Å². The number of carbonyl (C=O) groups excluding carboxylic acids is 2. The van der Waals surface area contributed by atoms with Crippen molar-refractivity contribution < 1.29 is 14.3 Å². The van der Waals surface area contributed by atoms with Crippen molar-refractivity contribution in [2.75, 3.05) is 29.9 Å². The number of benzene rings is 2. The van der Waals surface area contributed by atoms with E-state index in [0.717, 1.165) is 30.2 Å². The third-order valence-corrected chi connectivity index (χ3v) is 5.39. The van der Waals surface area contributed by atoms with Gasteiger partial charge < -0.3 is 15.0 Å². The van der Waals surface area contributed by atoms with Crippen molar-refractivity contribution >= 4 is 23.3 Å². The minimum Gasteiger partial charge on any atom is -0.452 e. The summed E-state index contributed by atoms with van der Waals surface area (Å²) >= 11 is 0. The van der Waals surface area contributed by atoms with Gasteiger partial charge in [0.1, 0.15) is 0 Å². The van der Waals surface area contributed by atoms with Crippen LogP contribution in [0.25, 0.3) is 5.69 Å². The van der Waals surface area contributed by atoms with Gasteiger partial charge in [0.25, 0.3) is 5.91 Å². The number of amides is 1. The number of nitrogens with one attached hydrogen (secondary N) is 1. The summed E-state index contributed by atoms with van der Waals surface area (Å²) in [6, 6.07) is 16.6. The van der Waals surface area contributed by atoms with Crippen LogP contribution in [0.5, 0.6) is 0 Å². The number of aromatic nitrogens is 2. The minimum absolute atomic E-state index is 0.341. The Kier molecular flexibility index (Phi) is 6.31. The summed E-state index contributed by atoms with van der Waals surface area (Å²) in [5.41, 5.74) is 4.08. The van der Waals surface area contributed by atoms with E-state index in [9.17, 15) is 9.59 Å². The summed E-state index contributed by atoms with van der Waals surface area (Å²) < 4.78 is 6.93.